The standard InChI is InChI=1S/C24H23F2N3O6/c1-2-3-4-7-12-29-22(31)17-9-6-5-8-16(17)21(28-29)23(32)33-14-20(30)27-15-10-11-18-19(13-15)35-24(25,26)34-18/h5-6,8-11,13H,2-4,7,12,14H2,1H3,(H,27,30). The van der Waals surface area contributed by atoms with Gasteiger partial charge in [0, 0.05) is 23.7 Å². The van der Waals surface area contributed by atoms with Crippen molar-refractivity contribution in [3.63, 3.8) is 0 Å². The van der Waals surface area contributed by atoms with E-state index in [4.69, 9.17) is 4.74 Å². The minimum Gasteiger partial charge on any atom is -0.451 e. The number of aryl methyl sites for hydroxylation is 1. The van der Waals surface area contributed by atoms with E-state index in [0.29, 0.717) is 17.3 Å². The molecule has 9 nitrogen and oxygen atoms in total. The summed E-state index contributed by atoms with van der Waals surface area (Å²) < 4.78 is 41.3. The van der Waals surface area contributed by atoms with Crippen LogP contribution in [0.1, 0.15) is 43.1 Å². The molecule has 1 aliphatic rings. The molecule has 0 saturated heterocycles. The lowest BCUT2D eigenvalue weighted by molar-refractivity contribution is -0.286. The van der Waals surface area contributed by atoms with Gasteiger partial charge in [0.05, 0.1) is 5.39 Å². The number of hydrogen-bond acceptors (Lipinski definition) is 7. The Bertz CT molecular complexity index is 1320. The number of rotatable bonds is 9. The first kappa shape index (κ1) is 24.1. The van der Waals surface area contributed by atoms with Gasteiger partial charge in [0.25, 0.3) is 11.5 Å². The average molecular weight is 487 g/mol. The van der Waals surface area contributed by atoms with Gasteiger partial charge in [-0.15, -0.1) is 8.78 Å². The molecular formula is C24H23F2N3O6. The molecule has 4 rings (SSSR count). The Kier molecular flexibility index (Phi) is 6.94. The first-order valence-electron chi connectivity index (χ1n) is 11.1. The molecule has 1 aromatic heterocycles. The SMILES string of the molecule is CCCCCCn1nc(C(=O)OCC(=O)Nc2ccc3c(c2)OC(F)(F)O3)c2ccccc2c1=O. The zero-order valence-electron chi connectivity index (χ0n) is 18.9. The first-order valence-corrected chi connectivity index (χ1v) is 11.1. The number of nitrogens with one attached hydrogen (secondary N) is 1. The third-order valence-electron chi connectivity index (χ3n) is 5.30. The van der Waals surface area contributed by atoms with E-state index < -0.39 is 24.8 Å². The molecule has 0 spiro atoms. The monoisotopic (exact) mass is 487 g/mol. The van der Waals surface area contributed by atoms with Crippen LogP contribution in [0.15, 0.2) is 47.3 Å². The van der Waals surface area contributed by atoms with Gasteiger partial charge in [-0.05, 0) is 24.6 Å². The Morgan fingerprint density at radius 1 is 1.06 bits per heavy atom. The highest BCUT2D eigenvalue weighted by Crippen LogP contribution is 2.42. The van der Waals surface area contributed by atoms with E-state index in [1.54, 1.807) is 24.3 Å². The van der Waals surface area contributed by atoms with Crippen LogP contribution in [0.2, 0.25) is 0 Å². The van der Waals surface area contributed by atoms with Gasteiger partial charge in [-0.25, -0.2) is 9.48 Å². The van der Waals surface area contributed by atoms with E-state index in [2.05, 4.69) is 26.8 Å². The highest BCUT2D eigenvalue weighted by molar-refractivity contribution is 6.03. The van der Waals surface area contributed by atoms with Gasteiger partial charge in [0.15, 0.2) is 23.8 Å². The number of amides is 1. The van der Waals surface area contributed by atoms with Crippen LogP contribution in [0.25, 0.3) is 10.8 Å². The Hall–Kier alpha value is -4.02. The summed E-state index contributed by atoms with van der Waals surface area (Å²) >= 11 is 0. The van der Waals surface area contributed by atoms with E-state index in [1.165, 1.54) is 22.9 Å². The van der Waals surface area contributed by atoms with Gasteiger partial charge >= 0.3 is 12.3 Å². The number of fused-ring (bicyclic) bond motifs is 2. The Labute approximate surface area is 198 Å². The van der Waals surface area contributed by atoms with Crippen LogP contribution >= 0.6 is 0 Å². The molecule has 2 aromatic carbocycles. The van der Waals surface area contributed by atoms with E-state index in [0.717, 1.165) is 25.7 Å². The maximum absolute atomic E-state index is 13.2. The van der Waals surface area contributed by atoms with E-state index in [1.807, 2.05) is 0 Å². The number of nitrogens with zero attached hydrogens (tertiary/aromatic N) is 2. The molecule has 0 aliphatic carbocycles. The predicted octanol–water partition coefficient (Wildman–Crippen LogP) is 4.09. The Balaban J connectivity index is 1.44. The predicted molar refractivity (Wildman–Crippen MR) is 122 cm³/mol. The van der Waals surface area contributed by atoms with E-state index >= 15 is 0 Å². The smallest absolute Gasteiger partial charge is 0.451 e. The lowest BCUT2D eigenvalue weighted by Crippen LogP contribution is -2.28. The van der Waals surface area contributed by atoms with Gasteiger partial charge < -0.3 is 19.5 Å². The van der Waals surface area contributed by atoms with Gasteiger partial charge in [0.1, 0.15) is 0 Å². The summed E-state index contributed by atoms with van der Waals surface area (Å²) in [4.78, 5) is 37.8. The van der Waals surface area contributed by atoms with Crippen molar-refractivity contribution < 1.29 is 32.6 Å². The maximum atomic E-state index is 13.2. The number of esters is 1. The summed E-state index contributed by atoms with van der Waals surface area (Å²) in [6.45, 7) is 1.78. The number of hydrogen-bond donors (Lipinski definition) is 1. The molecule has 1 aliphatic heterocycles. The second kappa shape index (κ2) is 10.1. The van der Waals surface area contributed by atoms with Gasteiger partial charge in [-0.3, -0.25) is 9.59 Å². The van der Waals surface area contributed by atoms with Crippen molar-refractivity contribution in [2.45, 2.75) is 45.4 Å². The molecule has 0 unspecified atom stereocenters. The van der Waals surface area contributed by atoms with Crippen LogP contribution < -0.4 is 20.3 Å². The second-order valence-electron chi connectivity index (χ2n) is 7.94. The summed E-state index contributed by atoms with van der Waals surface area (Å²) in [6.07, 6.45) is -0.0499. The Morgan fingerprint density at radius 3 is 2.57 bits per heavy atom. The van der Waals surface area contributed by atoms with Crippen LogP contribution in [0.4, 0.5) is 14.5 Å². The highest BCUT2D eigenvalue weighted by atomic mass is 19.3. The van der Waals surface area contributed by atoms with Crippen molar-refractivity contribution in [1.82, 2.24) is 9.78 Å². The van der Waals surface area contributed by atoms with Gasteiger partial charge in [-0.1, -0.05) is 44.4 Å². The topological polar surface area (TPSA) is 109 Å². The number of aromatic nitrogens is 2. The molecule has 0 fully saturated rings. The molecule has 184 valence electrons. The lowest BCUT2D eigenvalue weighted by atomic mass is 10.1. The van der Waals surface area contributed by atoms with Crippen LogP contribution in [0.5, 0.6) is 11.5 Å². The van der Waals surface area contributed by atoms with Crippen molar-refractivity contribution in [3.8, 4) is 11.5 Å². The molecule has 35 heavy (non-hydrogen) atoms. The summed E-state index contributed by atoms with van der Waals surface area (Å²) in [7, 11) is 0. The molecule has 0 radical (unpaired) electrons. The molecular weight excluding hydrogens is 464 g/mol. The Morgan fingerprint density at radius 2 is 1.80 bits per heavy atom. The molecule has 3 aromatic rings. The third kappa shape index (κ3) is 5.56. The van der Waals surface area contributed by atoms with Crippen LogP contribution in [-0.2, 0) is 16.1 Å². The number of ether oxygens (including phenoxy) is 3. The number of unbranched alkanes of at least 4 members (excludes halogenated alkanes) is 3. The molecule has 1 N–H and O–H groups in total. The summed E-state index contributed by atoms with van der Waals surface area (Å²) in [5, 5.41) is 7.29. The zero-order valence-corrected chi connectivity index (χ0v) is 18.9. The van der Waals surface area contributed by atoms with Crippen molar-refractivity contribution >= 4 is 28.3 Å². The highest BCUT2D eigenvalue weighted by Gasteiger charge is 2.43. The fraction of sp³-hybridized carbons (Fsp3) is 0.333. The first-order chi connectivity index (χ1) is 16.8. The number of anilines is 1. The average Bonchev–Trinajstić information content (AvgIpc) is 3.14. The second-order valence-corrected chi connectivity index (χ2v) is 7.94. The number of carbonyl (C=O) groups is 2. The third-order valence-corrected chi connectivity index (χ3v) is 5.30. The number of carbonyl (C=O) groups excluding carboxylic acids is 2. The summed E-state index contributed by atoms with van der Waals surface area (Å²) in [6, 6.07) is 10.3. The lowest BCUT2D eigenvalue weighted by Gasteiger charge is -2.11. The summed E-state index contributed by atoms with van der Waals surface area (Å²) in [5.41, 5.74) is -0.233. The minimum absolute atomic E-state index is 0.0752. The van der Waals surface area contributed by atoms with Crippen molar-refractivity contribution in [3.05, 3.63) is 58.5 Å². The van der Waals surface area contributed by atoms with Gasteiger partial charge in [0.2, 0.25) is 0 Å². The normalized spacial score (nSPS) is 13.6. The molecule has 0 saturated carbocycles. The van der Waals surface area contributed by atoms with Crippen LogP contribution in [0.3, 0.4) is 0 Å². The van der Waals surface area contributed by atoms with Crippen LogP contribution in [0, 0.1) is 0 Å². The van der Waals surface area contributed by atoms with Crippen LogP contribution in [-0.4, -0.2) is 34.6 Å². The number of alkyl halides is 2. The van der Waals surface area contributed by atoms with E-state index in [9.17, 15) is 23.2 Å². The van der Waals surface area contributed by atoms with Crippen molar-refractivity contribution in [2.24, 2.45) is 0 Å². The fourth-order valence-electron chi connectivity index (χ4n) is 3.65. The van der Waals surface area contributed by atoms with Gasteiger partial charge in [-0.2, -0.15) is 5.10 Å². The molecule has 0 atom stereocenters. The zero-order chi connectivity index (χ0) is 25.0. The largest absolute Gasteiger partial charge is 0.586 e. The minimum atomic E-state index is -3.78. The molecule has 1 amide bonds. The maximum Gasteiger partial charge on any atom is 0.586 e. The molecule has 11 heteroatoms. The van der Waals surface area contributed by atoms with E-state index in [-0.39, 0.29) is 28.4 Å². The van der Waals surface area contributed by atoms with Crippen molar-refractivity contribution in [1.29, 1.82) is 0 Å². The quantitative estimate of drug-likeness (QED) is 0.358. The summed E-state index contributed by atoms with van der Waals surface area (Å²) in [5.74, 6) is -1.98. The molecule has 2 heterocycles. The fourth-order valence-corrected chi connectivity index (χ4v) is 3.65. The molecule has 0 bridgehead atoms. The number of benzene rings is 2. The number of halogens is 2. The van der Waals surface area contributed by atoms with Crippen molar-refractivity contribution in [2.75, 3.05) is 11.9 Å².